The topological polar surface area (TPSA) is 51.7 Å². The van der Waals surface area contributed by atoms with Gasteiger partial charge in [-0.3, -0.25) is 0 Å². The molecule has 1 aromatic carbocycles. The van der Waals surface area contributed by atoms with Gasteiger partial charge in [0.15, 0.2) is 0 Å². The van der Waals surface area contributed by atoms with Gasteiger partial charge in [-0.05, 0) is 102 Å². The first kappa shape index (κ1) is 43.7. The molecule has 0 heterocycles. The Morgan fingerprint density at radius 1 is 1.11 bits per heavy atom. The Morgan fingerprint density at radius 3 is 1.89 bits per heavy atom. The van der Waals surface area contributed by atoms with Gasteiger partial charge in [-0.25, -0.2) is 0 Å². The molecule has 36 heavy (non-hydrogen) atoms. The maximum Gasteiger partial charge on any atom is 0.0812 e. The number of benzene rings is 1. The molecule has 0 saturated carbocycles. The Labute approximate surface area is 228 Å². The Kier molecular flexibility index (Phi) is 25.3. The highest BCUT2D eigenvalue weighted by molar-refractivity contribution is 5.57. The Balaban J connectivity index is -0.000000285. The van der Waals surface area contributed by atoms with Gasteiger partial charge >= 0.3 is 0 Å². The molecule has 0 radical (unpaired) electrons. The zero-order valence-electron chi connectivity index (χ0n) is 24.3. The van der Waals surface area contributed by atoms with E-state index in [-0.39, 0.29) is 27.7 Å². The number of hydrogen-bond acceptors (Lipinski definition) is 1. The molecule has 0 amide bonds. The molecular formula is C34H62O2. The summed E-state index contributed by atoms with van der Waals surface area (Å²) in [6.45, 7) is 30.7. The molecule has 0 aliphatic heterocycles. The zero-order valence-corrected chi connectivity index (χ0v) is 24.3. The first-order valence-corrected chi connectivity index (χ1v) is 12.4. The van der Waals surface area contributed by atoms with E-state index in [1.807, 2.05) is 54.5 Å². The van der Waals surface area contributed by atoms with Gasteiger partial charge < -0.3 is 10.6 Å². The van der Waals surface area contributed by atoms with Crippen LogP contribution in [0.2, 0.25) is 0 Å². The van der Waals surface area contributed by atoms with Crippen LogP contribution in [0.5, 0.6) is 0 Å². The van der Waals surface area contributed by atoms with Gasteiger partial charge in [0.05, 0.1) is 5.60 Å². The van der Waals surface area contributed by atoms with Gasteiger partial charge in [0.25, 0.3) is 0 Å². The molecule has 0 aliphatic carbocycles. The monoisotopic (exact) mass is 502 g/mol. The van der Waals surface area contributed by atoms with Gasteiger partial charge in [0.1, 0.15) is 0 Å². The van der Waals surface area contributed by atoms with Crippen LogP contribution in [0.1, 0.15) is 128 Å². The average Bonchev–Trinajstić information content (AvgIpc) is 2.79. The summed E-state index contributed by atoms with van der Waals surface area (Å²) < 4.78 is 0. The molecule has 0 bridgehead atoms. The quantitative estimate of drug-likeness (QED) is 0.225. The molecule has 0 fully saturated rings. The minimum atomic E-state index is -0.962. The molecule has 2 nitrogen and oxygen atoms in total. The van der Waals surface area contributed by atoms with Crippen LogP contribution in [0.4, 0.5) is 0 Å². The predicted molar refractivity (Wildman–Crippen MR) is 170 cm³/mol. The van der Waals surface area contributed by atoms with Crippen LogP contribution in [0.3, 0.4) is 0 Å². The van der Waals surface area contributed by atoms with Crippen LogP contribution >= 0.6 is 0 Å². The van der Waals surface area contributed by atoms with Crippen molar-refractivity contribution in [2.45, 2.75) is 123 Å². The number of terminal acetylenes is 1. The van der Waals surface area contributed by atoms with Crippen molar-refractivity contribution in [2.24, 2.45) is 0 Å². The molecule has 0 saturated heterocycles. The standard InChI is InChI=1S/C28H38O.2C2H6.2CH4.H2O.H2/c1-12-19(6)25(22(9)18(4)5)26(27(20(7)13-2)28(10,11)29)24-16-15-23(14-3)17-21(24)8;2*1-2;;;;/h3,12,15-17,26,29H,4,13H2,1-2,5-11H3;2*1-2H3;2*1H4;1H2;1H/b19-12+,25-22+,27-20+;;;;;;/t26-;;;;;;/m0....../s1. The van der Waals surface area contributed by atoms with E-state index in [0.29, 0.717) is 0 Å². The van der Waals surface area contributed by atoms with E-state index in [0.717, 1.165) is 34.3 Å². The van der Waals surface area contributed by atoms with Crippen molar-refractivity contribution >= 4 is 0 Å². The second-order valence-corrected chi connectivity index (χ2v) is 8.55. The fourth-order valence-corrected chi connectivity index (χ4v) is 3.98. The second kappa shape index (κ2) is 20.8. The van der Waals surface area contributed by atoms with Crippen LogP contribution in [0.15, 0.2) is 64.3 Å². The lowest BCUT2D eigenvalue weighted by Gasteiger charge is -2.36. The highest BCUT2D eigenvalue weighted by atomic mass is 16.3. The summed E-state index contributed by atoms with van der Waals surface area (Å²) in [5.74, 6) is 2.66. The van der Waals surface area contributed by atoms with Crippen molar-refractivity contribution in [1.29, 1.82) is 0 Å². The Morgan fingerprint density at radius 2 is 1.58 bits per heavy atom. The molecule has 2 heteroatoms. The summed E-state index contributed by atoms with van der Waals surface area (Å²) in [5, 5.41) is 11.3. The van der Waals surface area contributed by atoms with Crippen LogP contribution in [-0.2, 0) is 0 Å². The van der Waals surface area contributed by atoms with E-state index in [1.54, 1.807) is 0 Å². The highest BCUT2D eigenvalue weighted by Gasteiger charge is 2.34. The van der Waals surface area contributed by atoms with Crippen LogP contribution in [0, 0.1) is 19.3 Å². The van der Waals surface area contributed by atoms with Crippen LogP contribution < -0.4 is 0 Å². The molecule has 1 atom stereocenters. The Hall–Kier alpha value is -2.34. The second-order valence-electron chi connectivity index (χ2n) is 8.55. The number of hydrogen-bond donors (Lipinski definition) is 1. The third-order valence-electron chi connectivity index (χ3n) is 5.88. The van der Waals surface area contributed by atoms with Crippen molar-refractivity contribution in [3.05, 3.63) is 81.0 Å². The summed E-state index contributed by atoms with van der Waals surface area (Å²) in [7, 11) is 0. The van der Waals surface area contributed by atoms with E-state index in [9.17, 15) is 5.11 Å². The summed E-state index contributed by atoms with van der Waals surface area (Å²) >= 11 is 0. The fourth-order valence-electron chi connectivity index (χ4n) is 3.98. The van der Waals surface area contributed by atoms with Gasteiger partial charge in [0, 0.05) is 12.9 Å². The van der Waals surface area contributed by atoms with Gasteiger partial charge in [-0.1, -0.05) is 90.8 Å². The molecule has 0 aromatic heterocycles. The number of aryl methyl sites for hydroxylation is 1. The molecule has 3 N–H and O–H groups in total. The van der Waals surface area contributed by atoms with Crippen molar-refractivity contribution in [3.63, 3.8) is 0 Å². The smallest absolute Gasteiger partial charge is 0.0812 e. The van der Waals surface area contributed by atoms with Crippen molar-refractivity contribution in [3.8, 4) is 12.3 Å². The molecule has 0 unspecified atom stereocenters. The average molecular weight is 503 g/mol. The van der Waals surface area contributed by atoms with E-state index >= 15 is 0 Å². The van der Waals surface area contributed by atoms with E-state index in [1.165, 1.54) is 22.3 Å². The Bertz CT molecular complexity index is 916. The van der Waals surface area contributed by atoms with Crippen LogP contribution in [-0.4, -0.2) is 16.2 Å². The SMILES string of the molecule is C.C.C#Cc1ccc([C@@H](C(=C(\C)C(=C)C)/C(C)=C/C)/C(=C(/C)CC)C(C)(C)O)c(C)c1.CC.CC.O.[HH]. The molecule has 210 valence electrons. The lowest BCUT2D eigenvalue weighted by molar-refractivity contribution is 0.113. The summed E-state index contributed by atoms with van der Waals surface area (Å²) in [4.78, 5) is 0. The summed E-state index contributed by atoms with van der Waals surface area (Å²) in [6.07, 6.45) is 8.65. The minimum absolute atomic E-state index is 0. The molecule has 1 rings (SSSR count). The van der Waals surface area contributed by atoms with Crippen molar-refractivity contribution in [1.82, 2.24) is 0 Å². The fraction of sp³-hybridized carbons (Fsp3) is 0.529. The normalized spacial score (nSPS) is 12.6. The zero-order chi connectivity index (χ0) is 26.5. The van der Waals surface area contributed by atoms with Gasteiger partial charge in [-0.15, -0.1) is 6.42 Å². The minimum Gasteiger partial charge on any atom is -0.412 e. The first-order valence-electron chi connectivity index (χ1n) is 12.4. The summed E-state index contributed by atoms with van der Waals surface area (Å²) in [5.41, 5.74) is 9.07. The van der Waals surface area contributed by atoms with Gasteiger partial charge in [-0.2, -0.15) is 0 Å². The van der Waals surface area contributed by atoms with Crippen molar-refractivity contribution in [2.75, 3.05) is 0 Å². The third-order valence-corrected chi connectivity index (χ3v) is 5.88. The molecule has 1 aromatic rings. The van der Waals surface area contributed by atoms with E-state index in [4.69, 9.17) is 6.42 Å². The largest absolute Gasteiger partial charge is 0.412 e. The van der Waals surface area contributed by atoms with Crippen molar-refractivity contribution < 1.29 is 12.0 Å². The predicted octanol–water partition coefficient (Wildman–Crippen LogP) is 10.2. The molecule has 0 aliphatic rings. The molecule has 0 spiro atoms. The lowest BCUT2D eigenvalue weighted by atomic mass is 9.70. The maximum atomic E-state index is 11.3. The number of aliphatic hydroxyl groups is 1. The number of allylic oxidation sites excluding steroid dienone is 6. The maximum absolute atomic E-state index is 11.3. The van der Waals surface area contributed by atoms with E-state index < -0.39 is 5.60 Å². The number of rotatable bonds is 7. The van der Waals surface area contributed by atoms with E-state index in [2.05, 4.69) is 72.3 Å². The third kappa shape index (κ3) is 11.6. The first-order chi connectivity index (χ1) is 15.4. The molecular weight excluding hydrogens is 440 g/mol. The summed E-state index contributed by atoms with van der Waals surface area (Å²) in [6, 6.07) is 6.18. The van der Waals surface area contributed by atoms with Crippen LogP contribution in [0.25, 0.3) is 0 Å². The lowest BCUT2D eigenvalue weighted by Crippen LogP contribution is -2.30. The van der Waals surface area contributed by atoms with Gasteiger partial charge in [0.2, 0.25) is 0 Å². The highest BCUT2D eigenvalue weighted by Crippen LogP contribution is 2.45.